The van der Waals surface area contributed by atoms with E-state index in [9.17, 15) is 4.79 Å². The molecule has 1 amide bonds. The Balaban J connectivity index is 0.00000280. The number of aromatic nitrogens is 2. The van der Waals surface area contributed by atoms with Crippen molar-refractivity contribution >= 4 is 43.1 Å². The van der Waals surface area contributed by atoms with Crippen molar-refractivity contribution in [2.24, 2.45) is 5.92 Å². The number of carbonyl (C=O) groups excluding carboxylic acids is 1. The van der Waals surface area contributed by atoms with Crippen LogP contribution >= 0.6 is 37.2 Å². The Bertz CT molecular complexity index is 722. The first-order valence-electron chi connectivity index (χ1n) is 9.94. The molecule has 30 heavy (non-hydrogen) atoms. The first-order valence-corrected chi connectivity index (χ1v) is 9.94. The van der Waals surface area contributed by atoms with Gasteiger partial charge in [-0.15, -0.1) is 37.2 Å². The molecule has 2 aromatic rings. The van der Waals surface area contributed by atoms with Crippen molar-refractivity contribution in [1.82, 2.24) is 20.2 Å². The third-order valence-electron chi connectivity index (χ3n) is 5.18. The van der Waals surface area contributed by atoms with Gasteiger partial charge in [0.25, 0.3) is 0 Å². The zero-order valence-corrected chi connectivity index (χ0v) is 20.1. The summed E-state index contributed by atoms with van der Waals surface area (Å²) >= 11 is 0. The molecule has 0 aliphatic carbocycles. The van der Waals surface area contributed by atoms with Crippen LogP contribution in [-0.4, -0.2) is 33.9 Å². The monoisotopic (exact) mass is 474 g/mol. The standard InChI is InChI=1S/C22H30N4O.3ClH/c1-17-5-3-7-20(24-17)15-26(16-21-8-4-6-18(2)25-21)22(27)10-9-19-11-13-23-14-12-19;;;/h3-8,19,23H,9-16H2,1-2H3;3*1H. The van der Waals surface area contributed by atoms with Crippen molar-refractivity contribution in [1.29, 1.82) is 0 Å². The average Bonchev–Trinajstić information content (AvgIpc) is 2.66. The Morgan fingerprint density at radius 1 is 0.933 bits per heavy atom. The summed E-state index contributed by atoms with van der Waals surface area (Å²) in [5, 5.41) is 3.39. The SMILES string of the molecule is Cc1cccc(CN(Cc2cccc(C)n2)C(=O)CCC2CCNCC2)n1.Cl.Cl.Cl. The first kappa shape index (κ1) is 28.6. The molecular weight excluding hydrogens is 443 g/mol. The Kier molecular flexibility index (Phi) is 13.9. The molecule has 8 heteroatoms. The predicted molar refractivity (Wildman–Crippen MR) is 129 cm³/mol. The predicted octanol–water partition coefficient (Wildman–Crippen LogP) is 4.67. The van der Waals surface area contributed by atoms with E-state index in [0.29, 0.717) is 25.4 Å². The summed E-state index contributed by atoms with van der Waals surface area (Å²) in [6.45, 7) is 7.17. The molecule has 1 aliphatic rings. The van der Waals surface area contributed by atoms with Crippen LogP contribution in [0.15, 0.2) is 36.4 Å². The molecule has 0 spiro atoms. The van der Waals surface area contributed by atoms with Gasteiger partial charge in [0, 0.05) is 17.8 Å². The van der Waals surface area contributed by atoms with Crippen LogP contribution in [0.2, 0.25) is 0 Å². The molecule has 1 N–H and O–H groups in total. The Morgan fingerprint density at radius 2 is 1.43 bits per heavy atom. The van der Waals surface area contributed by atoms with Crippen LogP contribution in [0.4, 0.5) is 0 Å². The normalized spacial score (nSPS) is 13.4. The van der Waals surface area contributed by atoms with Crippen molar-refractivity contribution in [3.8, 4) is 0 Å². The molecule has 3 rings (SSSR count). The van der Waals surface area contributed by atoms with Crippen molar-refractivity contribution < 1.29 is 4.79 Å². The van der Waals surface area contributed by atoms with Crippen LogP contribution in [0.5, 0.6) is 0 Å². The molecule has 2 aromatic heterocycles. The Hall–Kier alpha value is -1.40. The van der Waals surface area contributed by atoms with Crippen LogP contribution in [-0.2, 0) is 17.9 Å². The second-order valence-corrected chi connectivity index (χ2v) is 7.52. The number of hydrogen-bond donors (Lipinski definition) is 1. The molecule has 1 aliphatic heterocycles. The lowest BCUT2D eigenvalue weighted by molar-refractivity contribution is -0.133. The quantitative estimate of drug-likeness (QED) is 0.632. The van der Waals surface area contributed by atoms with Gasteiger partial charge in [-0.05, 0) is 76.4 Å². The third kappa shape index (κ3) is 9.17. The molecule has 0 saturated carbocycles. The highest BCUT2D eigenvalue weighted by Gasteiger charge is 2.19. The summed E-state index contributed by atoms with van der Waals surface area (Å²) in [6, 6.07) is 11.9. The summed E-state index contributed by atoms with van der Waals surface area (Å²) < 4.78 is 0. The molecule has 0 unspecified atom stereocenters. The number of aryl methyl sites for hydroxylation is 2. The van der Waals surface area contributed by atoms with Crippen molar-refractivity contribution in [3.05, 3.63) is 59.2 Å². The highest BCUT2D eigenvalue weighted by molar-refractivity contribution is 5.86. The maximum atomic E-state index is 13.0. The van der Waals surface area contributed by atoms with Crippen LogP contribution in [0.3, 0.4) is 0 Å². The van der Waals surface area contributed by atoms with E-state index in [0.717, 1.165) is 42.3 Å². The van der Waals surface area contributed by atoms with E-state index in [1.54, 1.807) is 0 Å². The van der Waals surface area contributed by atoms with E-state index in [1.807, 2.05) is 55.1 Å². The van der Waals surface area contributed by atoms with E-state index >= 15 is 0 Å². The smallest absolute Gasteiger partial charge is 0.223 e. The molecule has 168 valence electrons. The fourth-order valence-electron chi connectivity index (χ4n) is 3.65. The van der Waals surface area contributed by atoms with E-state index in [4.69, 9.17) is 0 Å². The molecule has 0 bridgehead atoms. The second-order valence-electron chi connectivity index (χ2n) is 7.52. The van der Waals surface area contributed by atoms with Crippen molar-refractivity contribution in [2.75, 3.05) is 13.1 Å². The molecular formula is C22H33Cl3N4O. The van der Waals surface area contributed by atoms with Gasteiger partial charge in [-0.25, -0.2) is 0 Å². The molecule has 5 nitrogen and oxygen atoms in total. The minimum Gasteiger partial charge on any atom is -0.331 e. The number of piperidine rings is 1. The van der Waals surface area contributed by atoms with Crippen LogP contribution in [0.25, 0.3) is 0 Å². The summed E-state index contributed by atoms with van der Waals surface area (Å²) in [6.07, 6.45) is 3.92. The fourth-order valence-corrected chi connectivity index (χ4v) is 3.65. The Morgan fingerprint density at radius 3 is 1.90 bits per heavy atom. The van der Waals surface area contributed by atoms with E-state index in [2.05, 4.69) is 15.3 Å². The molecule has 0 radical (unpaired) electrons. The third-order valence-corrected chi connectivity index (χ3v) is 5.18. The number of rotatable bonds is 7. The van der Waals surface area contributed by atoms with Gasteiger partial charge in [0.2, 0.25) is 5.91 Å². The molecule has 1 saturated heterocycles. The first-order chi connectivity index (χ1) is 13.1. The number of pyridine rings is 2. The molecule has 1 fully saturated rings. The lowest BCUT2D eigenvalue weighted by Crippen LogP contribution is -2.32. The second kappa shape index (κ2) is 14.6. The lowest BCUT2D eigenvalue weighted by Gasteiger charge is -2.25. The van der Waals surface area contributed by atoms with Gasteiger partial charge in [-0.3, -0.25) is 14.8 Å². The minimum absolute atomic E-state index is 0. The van der Waals surface area contributed by atoms with Gasteiger partial charge < -0.3 is 10.2 Å². The Labute approximate surface area is 198 Å². The van der Waals surface area contributed by atoms with Crippen LogP contribution in [0.1, 0.15) is 48.5 Å². The zero-order chi connectivity index (χ0) is 19.1. The topological polar surface area (TPSA) is 58.1 Å². The summed E-state index contributed by atoms with van der Waals surface area (Å²) in [4.78, 5) is 24.1. The highest BCUT2D eigenvalue weighted by Crippen LogP contribution is 2.19. The van der Waals surface area contributed by atoms with Gasteiger partial charge in [-0.2, -0.15) is 0 Å². The van der Waals surface area contributed by atoms with Gasteiger partial charge in [-0.1, -0.05) is 12.1 Å². The van der Waals surface area contributed by atoms with Gasteiger partial charge >= 0.3 is 0 Å². The fraction of sp³-hybridized carbons (Fsp3) is 0.500. The van der Waals surface area contributed by atoms with Gasteiger partial charge in [0.1, 0.15) is 0 Å². The zero-order valence-electron chi connectivity index (χ0n) is 17.7. The molecule has 3 heterocycles. The van der Waals surface area contributed by atoms with Crippen molar-refractivity contribution in [3.63, 3.8) is 0 Å². The highest BCUT2D eigenvalue weighted by atomic mass is 35.5. The maximum Gasteiger partial charge on any atom is 0.223 e. The molecule has 0 atom stereocenters. The number of hydrogen-bond acceptors (Lipinski definition) is 4. The van der Waals surface area contributed by atoms with E-state index in [-0.39, 0.29) is 43.1 Å². The van der Waals surface area contributed by atoms with Crippen LogP contribution < -0.4 is 5.32 Å². The summed E-state index contributed by atoms with van der Waals surface area (Å²) in [5.74, 6) is 0.853. The average molecular weight is 476 g/mol. The summed E-state index contributed by atoms with van der Waals surface area (Å²) in [5.41, 5.74) is 3.81. The summed E-state index contributed by atoms with van der Waals surface area (Å²) in [7, 11) is 0. The van der Waals surface area contributed by atoms with E-state index < -0.39 is 0 Å². The maximum absolute atomic E-state index is 13.0. The van der Waals surface area contributed by atoms with Crippen LogP contribution in [0, 0.1) is 19.8 Å². The minimum atomic E-state index is 0. The lowest BCUT2D eigenvalue weighted by atomic mass is 9.93. The van der Waals surface area contributed by atoms with E-state index in [1.165, 1.54) is 12.8 Å². The number of halogens is 3. The number of carbonyl (C=O) groups is 1. The van der Waals surface area contributed by atoms with Gasteiger partial charge in [0.15, 0.2) is 0 Å². The van der Waals surface area contributed by atoms with Crippen molar-refractivity contribution in [2.45, 2.75) is 52.6 Å². The van der Waals surface area contributed by atoms with Gasteiger partial charge in [0.05, 0.1) is 24.5 Å². The number of nitrogens with zero attached hydrogens (tertiary/aromatic N) is 3. The largest absolute Gasteiger partial charge is 0.331 e. The number of nitrogens with one attached hydrogen (secondary N) is 1. The molecule has 0 aromatic carbocycles. The number of amides is 1.